The van der Waals surface area contributed by atoms with Gasteiger partial charge in [-0.3, -0.25) is 0 Å². The summed E-state index contributed by atoms with van der Waals surface area (Å²) >= 11 is 0. The Morgan fingerprint density at radius 1 is 1.00 bits per heavy atom. The highest BCUT2D eigenvalue weighted by atomic mass is 19.2. The number of aryl methyl sites for hydroxylation is 1. The van der Waals surface area contributed by atoms with Gasteiger partial charge in [-0.1, -0.05) is 42.8 Å². The fraction of sp³-hybridized carbons (Fsp3) is 0.294. The Hall–Kier alpha value is -1.74. The van der Waals surface area contributed by atoms with Gasteiger partial charge in [0.05, 0.1) is 6.04 Å². The van der Waals surface area contributed by atoms with Gasteiger partial charge in [-0.05, 0) is 43.1 Å². The van der Waals surface area contributed by atoms with Crippen molar-refractivity contribution in [2.45, 2.75) is 26.3 Å². The maximum atomic E-state index is 13.5. The molecular weight excluding hydrogens is 256 g/mol. The average molecular weight is 275 g/mol. The molecule has 1 nitrogen and oxygen atoms in total. The molecule has 0 radical (unpaired) electrons. The third kappa shape index (κ3) is 3.42. The van der Waals surface area contributed by atoms with E-state index in [1.165, 1.54) is 12.1 Å². The minimum Gasteiger partial charge on any atom is -0.306 e. The van der Waals surface area contributed by atoms with Gasteiger partial charge < -0.3 is 5.32 Å². The first-order valence-corrected chi connectivity index (χ1v) is 6.86. The molecule has 0 fully saturated rings. The molecule has 0 saturated heterocycles. The summed E-state index contributed by atoms with van der Waals surface area (Å²) in [6, 6.07) is 12.0. The highest BCUT2D eigenvalue weighted by Crippen LogP contribution is 2.24. The molecule has 2 aromatic rings. The smallest absolute Gasteiger partial charge is 0.159 e. The molecule has 0 aromatic heterocycles. The summed E-state index contributed by atoms with van der Waals surface area (Å²) in [5.74, 6) is -1.62. The molecule has 2 rings (SSSR count). The minimum absolute atomic E-state index is 0.120. The van der Waals surface area contributed by atoms with Crippen LogP contribution >= 0.6 is 0 Å². The first-order valence-electron chi connectivity index (χ1n) is 6.86. The van der Waals surface area contributed by atoms with Gasteiger partial charge in [0.2, 0.25) is 0 Å². The van der Waals surface area contributed by atoms with E-state index in [2.05, 4.69) is 18.3 Å². The first-order chi connectivity index (χ1) is 9.61. The molecule has 1 unspecified atom stereocenters. The van der Waals surface area contributed by atoms with Crippen molar-refractivity contribution in [1.29, 1.82) is 0 Å². The van der Waals surface area contributed by atoms with Crippen molar-refractivity contribution >= 4 is 0 Å². The van der Waals surface area contributed by atoms with Crippen molar-refractivity contribution in [3.8, 4) is 0 Å². The second-order valence-electron chi connectivity index (χ2n) is 4.97. The maximum Gasteiger partial charge on any atom is 0.159 e. The molecule has 106 valence electrons. The monoisotopic (exact) mass is 275 g/mol. The molecule has 0 saturated carbocycles. The lowest BCUT2D eigenvalue weighted by atomic mass is 9.97. The second-order valence-corrected chi connectivity index (χ2v) is 4.97. The summed E-state index contributed by atoms with van der Waals surface area (Å²) in [6.07, 6.45) is 0.978. The zero-order valence-corrected chi connectivity index (χ0v) is 11.8. The minimum atomic E-state index is -0.813. The average Bonchev–Trinajstić information content (AvgIpc) is 2.43. The van der Waals surface area contributed by atoms with Crippen LogP contribution in [0.15, 0.2) is 42.5 Å². The summed E-state index contributed by atoms with van der Waals surface area (Å²) < 4.78 is 26.5. The third-order valence-corrected chi connectivity index (χ3v) is 3.25. The standard InChI is InChI=1S/C17H19F2N/c1-3-9-20-17(13-6-4-5-12(2)10-13)14-7-8-15(18)16(19)11-14/h4-8,10-11,17,20H,3,9H2,1-2H3. The number of halogens is 2. The molecule has 0 aliphatic carbocycles. The van der Waals surface area contributed by atoms with E-state index in [0.717, 1.165) is 29.7 Å². The van der Waals surface area contributed by atoms with Crippen molar-refractivity contribution in [3.05, 3.63) is 70.8 Å². The predicted octanol–water partition coefficient (Wildman–Crippen LogP) is 4.36. The number of nitrogens with one attached hydrogen (secondary N) is 1. The lowest BCUT2D eigenvalue weighted by Gasteiger charge is -2.20. The summed E-state index contributed by atoms with van der Waals surface area (Å²) in [7, 11) is 0. The number of benzene rings is 2. The van der Waals surface area contributed by atoms with Gasteiger partial charge in [0.15, 0.2) is 11.6 Å². The van der Waals surface area contributed by atoms with Crippen LogP contribution in [0.3, 0.4) is 0 Å². The Balaban J connectivity index is 2.38. The van der Waals surface area contributed by atoms with Gasteiger partial charge >= 0.3 is 0 Å². The largest absolute Gasteiger partial charge is 0.306 e. The maximum absolute atomic E-state index is 13.5. The molecule has 0 heterocycles. The lowest BCUT2D eigenvalue weighted by molar-refractivity contribution is 0.503. The molecule has 0 aliphatic rings. The molecule has 20 heavy (non-hydrogen) atoms. The van der Waals surface area contributed by atoms with Crippen LogP contribution < -0.4 is 5.32 Å². The molecule has 3 heteroatoms. The van der Waals surface area contributed by atoms with E-state index in [1.807, 2.05) is 25.1 Å². The van der Waals surface area contributed by atoms with E-state index < -0.39 is 11.6 Å². The molecule has 1 atom stereocenters. The van der Waals surface area contributed by atoms with E-state index in [4.69, 9.17) is 0 Å². The predicted molar refractivity (Wildman–Crippen MR) is 77.7 cm³/mol. The number of hydrogen-bond acceptors (Lipinski definition) is 1. The van der Waals surface area contributed by atoms with Crippen molar-refractivity contribution < 1.29 is 8.78 Å². The number of rotatable bonds is 5. The topological polar surface area (TPSA) is 12.0 Å². The fourth-order valence-electron chi connectivity index (χ4n) is 2.26. The van der Waals surface area contributed by atoms with Crippen molar-refractivity contribution in [1.82, 2.24) is 5.32 Å². The molecule has 0 aliphatic heterocycles. The van der Waals surface area contributed by atoms with Gasteiger partial charge in [0.25, 0.3) is 0 Å². The molecule has 0 spiro atoms. The number of hydrogen-bond donors (Lipinski definition) is 1. The summed E-state index contributed by atoms with van der Waals surface area (Å²) in [5.41, 5.74) is 2.95. The van der Waals surface area contributed by atoms with Crippen LogP contribution in [0.25, 0.3) is 0 Å². The van der Waals surface area contributed by atoms with E-state index in [-0.39, 0.29) is 6.04 Å². The Labute approximate surface area is 118 Å². The van der Waals surface area contributed by atoms with Crippen LogP contribution in [0.5, 0.6) is 0 Å². The van der Waals surface area contributed by atoms with Crippen molar-refractivity contribution in [3.63, 3.8) is 0 Å². The van der Waals surface area contributed by atoms with Gasteiger partial charge in [0.1, 0.15) is 0 Å². The highest BCUT2D eigenvalue weighted by Gasteiger charge is 2.15. The Morgan fingerprint density at radius 2 is 1.75 bits per heavy atom. The third-order valence-electron chi connectivity index (χ3n) is 3.25. The van der Waals surface area contributed by atoms with Gasteiger partial charge in [0, 0.05) is 0 Å². The summed E-state index contributed by atoms with van der Waals surface area (Å²) in [4.78, 5) is 0. The van der Waals surface area contributed by atoms with E-state index in [1.54, 1.807) is 6.07 Å². The van der Waals surface area contributed by atoms with E-state index in [0.29, 0.717) is 0 Å². The van der Waals surface area contributed by atoms with Gasteiger partial charge in [-0.2, -0.15) is 0 Å². The van der Waals surface area contributed by atoms with E-state index in [9.17, 15) is 8.78 Å². The second kappa shape index (κ2) is 6.62. The highest BCUT2D eigenvalue weighted by molar-refractivity contribution is 5.34. The molecule has 0 amide bonds. The Kier molecular flexibility index (Phi) is 4.85. The zero-order valence-electron chi connectivity index (χ0n) is 11.8. The molecule has 0 bridgehead atoms. The summed E-state index contributed by atoms with van der Waals surface area (Å²) in [6.45, 7) is 4.91. The normalized spacial score (nSPS) is 12.4. The first kappa shape index (κ1) is 14.7. The SMILES string of the molecule is CCCNC(c1cccc(C)c1)c1ccc(F)c(F)c1. The van der Waals surface area contributed by atoms with Gasteiger partial charge in [-0.25, -0.2) is 8.78 Å². The van der Waals surface area contributed by atoms with Crippen LogP contribution in [0.1, 0.15) is 36.1 Å². The van der Waals surface area contributed by atoms with Crippen LogP contribution in [0.4, 0.5) is 8.78 Å². The molecular formula is C17H19F2N. The lowest BCUT2D eigenvalue weighted by Crippen LogP contribution is -2.23. The van der Waals surface area contributed by atoms with Crippen LogP contribution in [-0.2, 0) is 0 Å². The zero-order chi connectivity index (χ0) is 14.5. The van der Waals surface area contributed by atoms with Crippen LogP contribution in [-0.4, -0.2) is 6.54 Å². The summed E-state index contributed by atoms with van der Waals surface area (Å²) in [5, 5.41) is 3.39. The van der Waals surface area contributed by atoms with Crippen molar-refractivity contribution in [2.24, 2.45) is 0 Å². The van der Waals surface area contributed by atoms with Crippen LogP contribution in [0.2, 0.25) is 0 Å². The van der Waals surface area contributed by atoms with Gasteiger partial charge in [-0.15, -0.1) is 0 Å². The van der Waals surface area contributed by atoms with Crippen LogP contribution in [0, 0.1) is 18.6 Å². The Morgan fingerprint density at radius 3 is 2.40 bits per heavy atom. The Bertz CT molecular complexity index is 581. The fourth-order valence-corrected chi connectivity index (χ4v) is 2.26. The molecule has 2 aromatic carbocycles. The quantitative estimate of drug-likeness (QED) is 0.854. The van der Waals surface area contributed by atoms with Crippen molar-refractivity contribution in [2.75, 3.05) is 6.54 Å². The molecule has 1 N–H and O–H groups in total. The van der Waals surface area contributed by atoms with E-state index >= 15 is 0 Å².